The number of hydrogen-bond donors (Lipinski definition) is 1. The standard InChI is InChI=1S/C21H26Cl2N2O3S/c22-15-5-6-16(19(23)7-15)20(26)24-12-21(8-13-1-2-13)17-9-25(10-18(17)21)29(27,28)11-14-3-4-14/h5-7,13-14,17-18H,1-4,8-12H2,(H,24,26). The number of halogens is 2. The number of rotatable bonds is 8. The lowest BCUT2D eigenvalue weighted by Gasteiger charge is -2.27. The number of fused-ring (bicyclic) bond motifs is 1. The predicted molar refractivity (Wildman–Crippen MR) is 114 cm³/mol. The third kappa shape index (κ3) is 3.93. The maximum Gasteiger partial charge on any atom is 0.252 e. The second-order valence-corrected chi connectivity index (χ2v) is 12.3. The molecule has 2 unspecified atom stereocenters. The monoisotopic (exact) mass is 456 g/mol. The van der Waals surface area contributed by atoms with Crippen LogP contribution in [0.25, 0.3) is 0 Å². The first kappa shape index (κ1) is 20.1. The fourth-order valence-electron chi connectivity index (χ4n) is 5.23. The van der Waals surface area contributed by atoms with Gasteiger partial charge in [-0.3, -0.25) is 4.79 Å². The zero-order valence-electron chi connectivity index (χ0n) is 16.2. The van der Waals surface area contributed by atoms with E-state index < -0.39 is 10.0 Å². The fourth-order valence-corrected chi connectivity index (χ4v) is 7.64. The van der Waals surface area contributed by atoms with Crippen LogP contribution < -0.4 is 5.32 Å². The van der Waals surface area contributed by atoms with Gasteiger partial charge in [0.05, 0.1) is 16.3 Å². The minimum atomic E-state index is -3.13. The second kappa shape index (κ2) is 7.11. The van der Waals surface area contributed by atoms with Crippen LogP contribution in [-0.2, 0) is 10.0 Å². The molecule has 1 N–H and O–H groups in total. The molecule has 0 radical (unpaired) electrons. The van der Waals surface area contributed by atoms with Crippen LogP contribution in [0.3, 0.4) is 0 Å². The number of amides is 1. The molecule has 5 rings (SSSR count). The van der Waals surface area contributed by atoms with Gasteiger partial charge in [0.1, 0.15) is 0 Å². The molecular weight excluding hydrogens is 431 g/mol. The average molecular weight is 457 g/mol. The summed E-state index contributed by atoms with van der Waals surface area (Å²) < 4.78 is 27.0. The van der Waals surface area contributed by atoms with Gasteiger partial charge in [0.25, 0.3) is 5.91 Å². The molecule has 3 aliphatic carbocycles. The Bertz CT molecular complexity index is 931. The lowest BCUT2D eigenvalue weighted by molar-refractivity contribution is 0.0937. The Hall–Kier alpha value is -0.820. The van der Waals surface area contributed by atoms with Crippen LogP contribution in [0, 0.1) is 29.1 Å². The van der Waals surface area contributed by atoms with Crippen LogP contribution in [0.2, 0.25) is 10.0 Å². The van der Waals surface area contributed by atoms with E-state index in [4.69, 9.17) is 23.2 Å². The van der Waals surface area contributed by atoms with Crippen LogP contribution in [-0.4, -0.2) is 44.0 Å². The van der Waals surface area contributed by atoms with Crippen LogP contribution in [0.5, 0.6) is 0 Å². The number of nitrogens with zero attached hydrogens (tertiary/aromatic N) is 1. The molecule has 1 aromatic carbocycles. The van der Waals surface area contributed by atoms with Gasteiger partial charge < -0.3 is 5.32 Å². The highest BCUT2D eigenvalue weighted by molar-refractivity contribution is 7.89. The molecule has 8 heteroatoms. The summed E-state index contributed by atoms with van der Waals surface area (Å²) in [6.07, 6.45) is 5.69. The highest BCUT2D eigenvalue weighted by atomic mass is 35.5. The molecule has 3 saturated carbocycles. The van der Waals surface area contributed by atoms with Gasteiger partial charge >= 0.3 is 0 Å². The van der Waals surface area contributed by atoms with E-state index in [-0.39, 0.29) is 11.3 Å². The average Bonchev–Trinajstić information content (AvgIpc) is 3.61. The van der Waals surface area contributed by atoms with Gasteiger partial charge in [-0.2, -0.15) is 0 Å². The Morgan fingerprint density at radius 1 is 1.10 bits per heavy atom. The van der Waals surface area contributed by atoms with Crippen LogP contribution in [0.1, 0.15) is 42.5 Å². The minimum Gasteiger partial charge on any atom is -0.351 e. The van der Waals surface area contributed by atoms with Gasteiger partial charge in [0, 0.05) is 24.7 Å². The molecule has 1 aliphatic heterocycles. The Morgan fingerprint density at radius 3 is 2.34 bits per heavy atom. The van der Waals surface area contributed by atoms with Gasteiger partial charge in [-0.15, -0.1) is 0 Å². The number of carbonyl (C=O) groups excluding carboxylic acids is 1. The fraction of sp³-hybridized carbons (Fsp3) is 0.667. The molecule has 1 heterocycles. The van der Waals surface area contributed by atoms with E-state index >= 15 is 0 Å². The summed E-state index contributed by atoms with van der Waals surface area (Å²) >= 11 is 12.1. The van der Waals surface area contributed by atoms with Crippen LogP contribution in [0.4, 0.5) is 0 Å². The Balaban J connectivity index is 1.24. The SMILES string of the molecule is O=C(NCC1(CC2CC2)C2CN(S(=O)(=O)CC3CC3)CC21)c1ccc(Cl)cc1Cl. The molecule has 0 aromatic heterocycles. The molecule has 0 bridgehead atoms. The number of carbonyl (C=O) groups is 1. The van der Waals surface area contributed by atoms with E-state index in [2.05, 4.69) is 5.32 Å². The molecule has 1 saturated heterocycles. The van der Waals surface area contributed by atoms with E-state index in [1.165, 1.54) is 12.8 Å². The number of sulfonamides is 1. The molecule has 4 fully saturated rings. The maximum absolute atomic E-state index is 12.7. The summed E-state index contributed by atoms with van der Waals surface area (Å²) in [5, 5.41) is 3.93. The third-order valence-electron chi connectivity index (χ3n) is 7.31. The predicted octanol–water partition coefficient (Wildman–Crippen LogP) is 3.81. The summed E-state index contributed by atoms with van der Waals surface area (Å²) in [6.45, 7) is 1.82. The Kier molecular flexibility index (Phi) is 4.93. The molecule has 1 amide bonds. The molecule has 2 atom stereocenters. The second-order valence-electron chi connectivity index (χ2n) is 9.44. The van der Waals surface area contributed by atoms with E-state index in [1.807, 2.05) is 0 Å². The van der Waals surface area contributed by atoms with E-state index in [9.17, 15) is 13.2 Å². The molecule has 5 nitrogen and oxygen atoms in total. The third-order valence-corrected chi connectivity index (χ3v) is 9.84. The van der Waals surface area contributed by atoms with E-state index in [1.54, 1.807) is 22.5 Å². The summed E-state index contributed by atoms with van der Waals surface area (Å²) in [4.78, 5) is 12.7. The Morgan fingerprint density at radius 2 is 1.76 bits per heavy atom. The van der Waals surface area contributed by atoms with Crippen LogP contribution >= 0.6 is 23.2 Å². The number of nitrogens with one attached hydrogen (secondary N) is 1. The molecule has 0 spiro atoms. The first-order valence-electron chi connectivity index (χ1n) is 10.5. The van der Waals surface area contributed by atoms with Crippen molar-refractivity contribution in [2.75, 3.05) is 25.4 Å². The quantitative estimate of drug-likeness (QED) is 0.646. The zero-order chi connectivity index (χ0) is 20.4. The van der Waals surface area contributed by atoms with Gasteiger partial charge in [0.15, 0.2) is 0 Å². The van der Waals surface area contributed by atoms with E-state index in [0.29, 0.717) is 58.7 Å². The van der Waals surface area contributed by atoms with Crippen LogP contribution in [0.15, 0.2) is 18.2 Å². The van der Waals surface area contributed by atoms with E-state index in [0.717, 1.165) is 25.2 Å². The van der Waals surface area contributed by atoms with Crippen molar-refractivity contribution in [3.05, 3.63) is 33.8 Å². The smallest absolute Gasteiger partial charge is 0.252 e. The van der Waals surface area contributed by atoms with Gasteiger partial charge in [-0.1, -0.05) is 36.0 Å². The lowest BCUT2D eigenvalue weighted by Crippen LogP contribution is -2.40. The summed E-state index contributed by atoms with van der Waals surface area (Å²) in [6, 6.07) is 4.89. The molecule has 4 aliphatic rings. The lowest BCUT2D eigenvalue weighted by atomic mass is 9.92. The molecular formula is C21H26Cl2N2O3S. The highest BCUT2D eigenvalue weighted by Gasteiger charge is 2.69. The minimum absolute atomic E-state index is 0.0430. The first-order valence-corrected chi connectivity index (χ1v) is 12.9. The molecule has 1 aromatic rings. The zero-order valence-corrected chi connectivity index (χ0v) is 18.6. The van der Waals surface area contributed by atoms with Gasteiger partial charge in [-0.05, 0) is 66.5 Å². The van der Waals surface area contributed by atoms with Crippen molar-refractivity contribution in [1.29, 1.82) is 0 Å². The normalized spacial score (nSPS) is 31.5. The maximum atomic E-state index is 12.7. The van der Waals surface area contributed by atoms with Crippen molar-refractivity contribution in [3.63, 3.8) is 0 Å². The number of benzene rings is 1. The summed E-state index contributed by atoms with van der Waals surface area (Å²) in [5.41, 5.74) is 0.471. The van der Waals surface area contributed by atoms with Crippen molar-refractivity contribution in [2.45, 2.75) is 32.1 Å². The van der Waals surface area contributed by atoms with Crippen molar-refractivity contribution >= 4 is 39.1 Å². The van der Waals surface area contributed by atoms with Crippen molar-refractivity contribution < 1.29 is 13.2 Å². The van der Waals surface area contributed by atoms with Gasteiger partial charge in [-0.25, -0.2) is 12.7 Å². The number of hydrogen-bond acceptors (Lipinski definition) is 3. The summed E-state index contributed by atoms with van der Waals surface area (Å²) in [7, 11) is -3.13. The molecule has 29 heavy (non-hydrogen) atoms. The summed E-state index contributed by atoms with van der Waals surface area (Å²) in [5.74, 6) is 1.94. The largest absolute Gasteiger partial charge is 0.351 e. The highest BCUT2D eigenvalue weighted by Crippen LogP contribution is 2.67. The first-order chi connectivity index (χ1) is 13.8. The van der Waals surface area contributed by atoms with Crippen molar-refractivity contribution in [1.82, 2.24) is 9.62 Å². The van der Waals surface area contributed by atoms with Crippen molar-refractivity contribution in [2.24, 2.45) is 29.1 Å². The topological polar surface area (TPSA) is 66.5 Å². The molecule has 158 valence electrons. The number of piperidine rings is 1. The van der Waals surface area contributed by atoms with Crippen molar-refractivity contribution in [3.8, 4) is 0 Å². The van der Waals surface area contributed by atoms with Gasteiger partial charge in [0.2, 0.25) is 10.0 Å². The Labute approximate surface area is 182 Å².